The third kappa shape index (κ3) is 3.18. The zero-order valence-electron chi connectivity index (χ0n) is 13.9. The molecule has 2 aromatic rings. The Labute approximate surface area is 140 Å². The Morgan fingerprint density at radius 3 is 2.83 bits per heavy atom. The molecule has 1 amide bonds. The molecule has 128 valence electrons. The summed E-state index contributed by atoms with van der Waals surface area (Å²) in [4.78, 5) is 14.6. The van der Waals surface area contributed by atoms with Crippen molar-refractivity contribution in [3.05, 3.63) is 42.2 Å². The lowest BCUT2D eigenvalue weighted by molar-refractivity contribution is -0.123. The lowest BCUT2D eigenvalue weighted by Gasteiger charge is -2.32. The van der Waals surface area contributed by atoms with E-state index in [0.29, 0.717) is 18.7 Å². The number of amides is 1. The molecule has 0 saturated carbocycles. The number of ether oxygens (including phenoxy) is 1. The molecule has 2 unspecified atom stereocenters. The molecule has 1 N–H and O–H groups in total. The van der Waals surface area contributed by atoms with E-state index in [1.54, 1.807) is 22.7 Å². The molecular formula is C17H22N4O3. The minimum Gasteiger partial charge on any atom is -0.381 e. The Hall–Kier alpha value is -2.25. The van der Waals surface area contributed by atoms with Gasteiger partial charge in [0.2, 0.25) is 0 Å². The smallest absolute Gasteiger partial charge is 0.251 e. The van der Waals surface area contributed by atoms with Crippen LogP contribution in [0, 0.1) is 0 Å². The largest absolute Gasteiger partial charge is 0.381 e. The van der Waals surface area contributed by atoms with Crippen LogP contribution in [-0.2, 0) is 15.1 Å². The normalized spacial score (nSPS) is 20.9. The van der Waals surface area contributed by atoms with Crippen molar-refractivity contribution in [2.45, 2.75) is 31.4 Å². The minimum atomic E-state index is -1.23. The molecular weight excluding hydrogens is 308 g/mol. The molecule has 0 aliphatic carbocycles. The summed E-state index contributed by atoms with van der Waals surface area (Å²) in [6, 6.07) is 9.21. The van der Waals surface area contributed by atoms with Crippen LogP contribution < -0.4 is 4.90 Å². The molecule has 0 spiro atoms. The molecule has 1 saturated heterocycles. The maximum atomic E-state index is 12.9. The van der Waals surface area contributed by atoms with Crippen LogP contribution in [0.3, 0.4) is 0 Å². The number of anilines is 1. The summed E-state index contributed by atoms with van der Waals surface area (Å²) >= 11 is 0. The number of aliphatic hydroxyl groups is 1. The Morgan fingerprint density at radius 2 is 2.12 bits per heavy atom. The van der Waals surface area contributed by atoms with Gasteiger partial charge in [-0.15, -0.1) is 5.10 Å². The van der Waals surface area contributed by atoms with Gasteiger partial charge in [0, 0.05) is 19.3 Å². The fraction of sp³-hybridized carbons (Fsp3) is 0.471. The van der Waals surface area contributed by atoms with E-state index in [4.69, 9.17) is 4.74 Å². The third-order valence-electron chi connectivity index (χ3n) is 4.29. The average Bonchev–Trinajstić information content (AvgIpc) is 3.06. The predicted molar refractivity (Wildman–Crippen MR) is 88.5 cm³/mol. The summed E-state index contributed by atoms with van der Waals surface area (Å²) in [5, 5.41) is 18.5. The van der Waals surface area contributed by atoms with E-state index in [0.717, 1.165) is 12.1 Å². The van der Waals surface area contributed by atoms with Crippen LogP contribution >= 0.6 is 0 Å². The molecule has 7 heteroatoms. The molecule has 1 aromatic heterocycles. The first-order valence-corrected chi connectivity index (χ1v) is 8.03. The fourth-order valence-corrected chi connectivity index (χ4v) is 3.00. The van der Waals surface area contributed by atoms with Gasteiger partial charge in [0.1, 0.15) is 17.3 Å². The van der Waals surface area contributed by atoms with Gasteiger partial charge in [-0.25, -0.2) is 4.68 Å². The van der Waals surface area contributed by atoms with Crippen molar-refractivity contribution in [3.63, 3.8) is 0 Å². The summed E-state index contributed by atoms with van der Waals surface area (Å²) in [5.41, 5.74) is 0.0528. The summed E-state index contributed by atoms with van der Waals surface area (Å²) < 4.78 is 6.56. The molecule has 1 aromatic carbocycles. The van der Waals surface area contributed by atoms with Gasteiger partial charge in [-0.3, -0.25) is 4.79 Å². The lowest BCUT2D eigenvalue weighted by Crippen LogP contribution is -2.42. The lowest BCUT2D eigenvalue weighted by atomic mass is 10.0. The number of para-hydroxylation sites is 1. The summed E-state index contributed by atoms with van der Waals surface area (Å²) in [6.07, 6.45) is 3.22. The standard InChI is InChI=1S/C17H22N4O3/c1-17(23,12-24-2)15-11-21(19-18-15)14-9-6-10-20(16(14)22)13-7-4-3-5-8-13/h3-5,7-8,11,14,23H,6,9-10,12H2,1-2H3. The monoisotopic (exact) mass is 330 g/mol. The number of aromatic nitrogens is 3. The van der Waals surface area contributed by atoms with Gasteiger partial charge in [0.15, 0.2) is 0 Å². The van der Waals surface area contributed by atoms with E-state index in [2.05, 4.69) is 10.3 Å². The van der Waals surface area contributed by atoms with Crippen molar-refractivity contribution in [1.82, 2.24) is 15.0 Å². The van der Waals surface area contributed by atoms with Gasteiger partial charge >= 0.3 is 0 Å². The van der Waals surface area contributed by atoms with Crippen molar-refractivity contribution in [2.75, 3.05) is 25.2 Å². The van der Waals surface area contributed by atoms with Crippen LogP contribution in [0.25, 0.3) is 0 Å². The number of hydrogen-bond donors (Lipinski definition) is 1. The highest BCUT2D eigenvalue weighted by Gasteiger charge is 2.34. The molecule has 1 fully saturated rings. The van der Waals surface area contributed by atoms with Gasteiger partial charge < -0.3 is 14.7 Å². The van der Waals surface area contributed by atoms with Crippen LogP contribution in [0.1, 0.15) is 31.5 Å². The van der Waals surface area contributed by atoms with Crippen LogP contribution in [0.5, 0.6) is 0 Å². The highest BCUT2D eigenvalue weighted by molar-refractivity contribution is 5.96. The Kier molecular flexibility index (Phi) is 4.64. The predicted octanol–water partition coefficient (Wildman–Crippen LogP) is 1.50. The van der Waals surface area contributed by atoms with Crippen molar-refractivity contribution in [3.8, 4) is 0 Å². The first-order chi connectivity index (χ1) is 11.5. The number of methoxy groups -OCH3 is 1. The van der Waals surface area contributed by atoms with Crippen LogP contribution in [0.4, 0.5) is 5.69 Å². The zero-order valence-corrected chi connectivity index (χ0v) is 13.9. The average molecular weight is 330 g/mol. The van der Waals surface area contributed by atoms with Crippen LogP contribution in [0.15, 0.2) is 36.5 Å². The zero-order chi connectivity index (χ0) is 17.2. The molecule has 2 heterocycles. The van der Waals surface area contributed by atoms with E-state index in [9.17, 15) is 9.90 Å². The highest BCUT2D eigenvalue weighted by atomic mass is 16.5. The van der Waals surface area contributed by atoms with Crippen molar-refractivity contribution < 1.29 is 14.6 Å². The summed E-state index contributed by atoms with van der Waals surface area (Å²) in [6.45, 7) is 2.42. The van der Waals surface area contributed by atoms with Gasteiger partial charge in [0.05, 0.1) is 12.8 Å². The number of rotatable bonds is 5. The maximum Gasteiger partial charge on any atom is 0.251 e. The molecule has 0 bridgehead atoms. The number of benzene rings is 1. The van der Waals surface area contributed by atoms with E-state index in [-0.39, 0.29) is 12.5 Å². The molecule has 0 radical (unpaired) electrons. The molecule has 24 heavy (non-hydrogen) atoms. The van der Waals surface area contributed by atoms with E-state index in [1.165, 1.54) is 7.11 Å². The van der Waals surface area contributed by atoms with Gasteiger partial charge in [0.25, 0.3) is 5.91 Å². The molecule has 3 rings (SSSR count). The molecule has 1 aliphatic heterocycles. The van der Waals surface area contributed by atoms with Gasteiger partial charge in [-0.05, 0) is 31.9 Å². The van der Waals surface area contributed by atoms with Crippen molar-refractivity contribution in [1.29, 1.82) is 0 Å². The topological polar surface area (TPSA) is 80.5 Å². The van der Waals surface area contributed by atoms with Crippen LogP contribution in [-0.4, -0.2) is 46.3 Å². The van der Waals surface area contributed by atoms with E-state index < -0.39 is 11.6 Å². The number of hydrogen-bond acceptors (Lipinski definition) is 5. The van der Waals surface area contributed by atoms with E-state index >= 15 is 0 Å². The quantitative estimate of drug-likeness (QED) is 0.898. The second-order valence-corrected chi connectivity index (χ2v) is 6.27. The number of carbonyl (C=O) groups excluding carboxylic acids is 1. The first kappa shape index (κ1) is 16.6. The van der Waals surface area contributed by atoms with Gasteiger partial charge in [-0.1, -0.05) is 23.4 Å². The molecule has 7 nitrogen and oxygen atoms in total. The third-order valence-corrected chi connectivity index (χ3v) is 4.29. The number of nitrogens with zero attached hydrogens (tertiary/aromatic N) is 4. The Morgan fingerprint density at radius 1 is 1.38 bits per heavy atom. The van der Waals surface area contributed by atoms with E-state index in [1.807, 2.05) is 30.3 Å². The Bertz CT molecular complexity index is 699. The highest BCUT2D eigenvalue weighted by Crippen LogP contribution is 2.28. The van der Waals surface area contributed by atoms with Crippen molar-refractivity contribution >= 4 is 11.6 Å². The van der Waals surface area contributed by atoms with Crippen molar-refractivity contribution in [2.24, 2.45) is 0 Å². The molecule has 1 aliphatic rings. The number of carbonyl (C=O) groups is 1. The van der Waals surface area contributed by atoms with Crippen LogP contribution in [0.2, 0.25) is 0 Å². The fourth-order valence-electron chi connectivity index (χ4n) is 3.00. The molecule has 2 atom stereocenters. The minimum absolute atomic E-state index is 0.00437. The second kappa shape index (κ2) is 6.70. The second-order valence-electron chi connectivity index (χ2n) is 6.27. The SMILES string of the molecule is COCC(C)(O)c1cn(C2CCCN(c3ccccc3)C2=O)nn1. The summed E-state index contributed by atoms with van der Waals surface area (Å²) in [7, 11) is 1.52. The number of piperidine rings is 1. The summed E-state index contributed by atoms with van der Waals surface area (Å²) in [5.74, 6) is -0.00437. The Balaban J connectivity index is 1.82. The first-order valence-electron chi connectivity index (χ1n) is 8.03. The maximum absolute atomic E-state index is 12.9. The van der Waals surface area contributed by atoms with Gasteiger partial charge in [-0.2, -0.15) is 0 Å².